The van der Waals surface area contributed by atoms with Gasteiger partial charge in [-0.3, -0.25) is 14.3 Å². The Balaban J connectivity index is 1.26. The van der Waals surface area contributed by atoms with Crippen LogP contribution in [0.25, 0.3) is 0 Å². The van der Waals surface area contributed by atoms with Crippen LogP contribution in [-0.4, -0.2) is 34.2 Å². The molecule has 0 radical (unpaired) electrons. The van der Waals surface area contributed by atoms with Gasteiger partial charge in [-0.05, 0) is 53.6 Å². The average Bonchev–Trinajstić information content (AvgIpc) is 3.53. The van der Waals surface area contributed by atoms with E-state index in [0.717, 1.165) is 12.2 Å². The minimum Gasteiger partial charge on any atom is -0.322 e. The summed E-state index contributed by atoms with van der Waals surface area (Å²) in [7, 11) is 0. The van der Waals surface area contributed by atoms with E-state index < -0.39 is 5.91 Å². The van der Waals surface area contributed by atoms with Crippen molar-refractivity contribution in [3.8, 4) is 6.07 Å². The minimum atomic E-state index is -0.434. The van der Waals surface area contributed by atoms with Gasteiger partial charge in [-0.2, -0.15) is 10.4 Å². The molecule has 8 nitrogen and oxygen atoms in total. The molecule has 2 heterocycles. The second-order valence-corrected chi connectivity index (χ2v) is 10.6. The second kappa shape index (κ2) is 9.25. The Morgan fingerprint density at radius 3 is 2.64 bits per heavy atom. The second-order valence-electron chi connectivity index (χ2n) is 10.6. The number of aromatic nitrogens is 2. The predicted molar refractivity (Wildman–Crippen MR) is 138 cm³/mol. The highest BCUT2D eigenvalue weighted by Crippen LogP contribution is 2.45. The third-order valence-corrected chi connectivity index (χ3v) is 7.04. The lowest BCUT2D eigenvalue weighted by atomic mass is 9.90. The molecular formula is C28H30N6O2. The highest BCUT2D eigenvalue weighted by molar-refractivity contribution is 6.15. The molecule has 2 unspecified atom stereocenters. The van der Waals surface area contributed by atoms with E-state index in [-0.39, 0.29) is 17.2 Å². The number of amides is 2. The summed E-state index contributed by atoms with van der Waals surface area (Å²) in [5.41, 5.74) is 3.71. The summed E-state index contributed by atoms with van der Waals surface area (Å²) in [4.78, 5) is 28.1. The van der Waals surface area contributed by atoms with Gasteiger partial charge in [-0.1, -0.05) is 39.0 Å². The molecule has 1 fully saturated rings. The molecule has 2 atom stereocenters. The topological polar surface area (TPSA) is 103 Å². The fourth-order valence-electron chi connectivity index (χ4n) is 4.90. The van der Waals surface area contributed by atoms with Gasteiger partial charge in [-0.25, -0.2) is 0 Å². The van der Waals surface area contributed by atoms with Gasteiger partial charge in [0.25, 0.3) is 11.8 Å². The van der Waals surface area contributed by atoms with Gasteiger partial charge in [0.15, 0.2) is 0 Å². The quantitative estimate of drug-likeness (QED) is 0.548. The van der Waals surface area contributed by atoms with Crippen molar-refractivity contribution in [2.75, 3.05) is 16.8 Å². The summed E-state index contributed by atoms with van der Waals surface area (Å²) in [6, 6.07) is 17.3. The zero-order valence-electron chi connectivity index (χ0n) is 20.8. The Labute approximate surface area is 210 Å². The van der Waals surface area contributed by atoms with Crippen molar-refractivity contribution in [1.29, 1.82) is 5.26 Å². The zero-order chi connectivity index (χ0) is 25.4. The first-order valence-electron chi connectivity index (χ1n) is 12.3. The monoisotopic (exact) mass is 482 g/mol. The van der Waals surface area contributed by atoms with Gasteiger partial charge in [0.1, 0.15) is 5.69 Å². The number of benzene rings is 2. The molecule has 5 rings (SSSR count). The largest absolute Gasteiger partial charge is 0.322 e. The van der Waals surface area contributed by atoms with Crippen LogP contribution in [0.15, 0.2) is 54.7 Å². The summed E-state index contributed by atoms with van der Waals surface area (Å²) >= 11 is 0. The molecule has 3 aromatic rings. The van der Waals surface area contributed by atoms with E-state index >= 15 is 0 Å². The van der Waals surface area contributed by atoms with Crippen LogP contribution in [0.1, 0.15) is 59.2 Å². The Kier molecular flexibility index (Phi) is 6.10. The van der Waals surface area contributed by atoms with Crippen LogP contribution in [-0.2, 0) is 13.1 Å². The van der Waals surface area contributed by atoms with Gasteiger partial charge < -0.3 is 15.5 Å². The van der Waals surface area contributed by atoms with Crippen LogP contribution >= 0.6 is 0 Å². The Bertz CT molecular complexity index is 1350. The number of nitrogens with one attached hydrogen (secondary N) is 2. The Morgan fingerprint density at radius 2 is 1.94 bits per heavy atom. The predicted octanol–water partition coefficient (Wildman–Crippen LogP) is 4.19. The zero-order valence-corrected chi connectivity index (χ0v) is 20.8. The van der Waals surface area contributed by atoms with Crippen molar-refractivity contribution in [3.63, 3.8) is 0 Å². The molecule has 2 aromatic carbocycles. The van der Waals surface area contributed by atoms with E-state index in [1.807, 2.05) is 24.3 Å². The lowest BCUT2D eigenvalue weighted by Gasteiger charge is -2.28. The molecule has 0 bridgehead atoms. The molecule has 2 amide bonds. The standard InChI is InChI=1S/C28H30N6O2/c1-28(2,3)23-14-24(23)30-16-18-7-9-21(10-8-18)33-11-12-34-25(27(33)36)22(17-31-34)26(35)32-20-6-4-5-19(13-20)15-29/h4-10,13,17,23-24,30H,11-12,14,16H2,1-3H3,(H,32,35). The molecule has 184 valence electrons. The number of hydrogen-bond donors (Lipinski definition) is 2. The Hall–Kier alpha value is -3.96. The molecule has 2 N–H and O–H groups in total. The number of carbonyl (C=O) groups is 2. The van der Waals surface area contributed by atoms with Gasteiger partial charge in [0, 0.05) is 30.5 Å². The third kappa shape index (κ3) is 4.75. The lowest BCUT2D eigenvalue weighted by molar-refractivity contribution is 0.0947. The van der Waals surface area contributed by atoms with Gasteiger partial charge in [0.05, 0.1) is 29.9 Å². The van der Waals surface area contributed by atoms with Crippen LogP contribution in [0.4, 0.5) is 11.4 Å². The summed E-state index contributed by atoms with van der Waals surface area (Å²) in [6.07, 6.45) is 2.65. The normalized spacial score (nSPS) is 18.9. The van der Waals surface area contributed by atoms with E-state index in [1.165, 1.54) is 18.2 Å². The van der Waals surface area contributed by atoms with Crippen LogP contribution in [0, 0.1) is 22.7 Å². The fourth-order valence-corrected chi connectivity index (χ4v) is 4.90. The molecule has 0 spiro atoms. The maximum absolute atomic E-state index is 13.4. The Morgan fingerprint density at radius 1 is 1.17 bits per heavy atom. The average molecular weight is 483 g/mol. The molecule has 1 aromatic heterocycles. The van der Waals surface area contributed by atoms with Crippen molar-refractivity contribution in [3.05, 3.63) is 77.1 Å². The lowest BCUT2D eigenvalue weighted by Crippen LogP contribution is -2.41. The summed E-state index contributed by atoms with van der Waals surface area (Å²) < 4.78 is 1.58. The number of nitrogens with zero attached hydrogens (tertiary/aromatic N) is 4. The number of fused-ring (bicyclic) bond motifs is 1. The van der Waals surface area contributed by atoms with Gasteiger partial charge >= 0.3 is 0 Å². The number of anilines is 2. The van der Waals surface area contributed by atoms with E-state index in [9.17, 15) is 9.59 Å². The first-order chi connectivity index (χ1) is 17.2. The SMILES string of the molecule is CC(C)(C)C1CC1NCc1ccc(N2CCn3ncc(C(=O)Nc4cccc(C#N)c4)c3C2=O)cc1. The first kappa shape index (κ1) is 23.8. The molecular weight excluding hydrogens is 452 g/mol. The van der Waals surface area contributed by atoms with Crippen molar-refractivity contribution < 1.29 is 9.59 Å². The van der Waals surface area contributed by atoms with E-state index in [1.54, 1.807) is 33.8 Å². The molecule has 1 saturated carbocycles. The fraction of sp³-hybridized carbons (Fsp3) is 0.357. The highest BCUT2D eigenvalue weighted by atomic mass is 16.2. The van der Waals surface area contributed by atoms with Crippen LogP contribution in [0.2, 0.25) is 0 Å². The maximum Gasteiger partial charge on any atom is 0.277 e. The van der Waals surface area contributed by atoms with E-state index in [0.29, 0.717) is 41.7 Å². The molecule has 36 heavy (non-hydrogen) atoms. The van der Waals surface area contributed by atoms with Crippen molar-refractivity contribution in [2.24, 2.45) is 11.3 Å². The van der Waals surface area contributed by atoms with Crippen molar-refractivity contribution in [1.82, 2.24) is 15.1 Å². The van der Waals surface area contributed by atoms with E-state index in [4.69, 9.17) is 5.26 Å². The maximum atomic E-state index is 13.4. The summed E-state index contributed by atoms with van der Waals surface area (Å²) in [5, 5.41) is 19.8. The van der Waals surface area contributed by atoms with E-state index in [2.05, 4.69) is 42.6 Å². The molecule has 1 aliphatic heterocycles. The minimum absolute atomic E-state index is 0.214. The number of carbonyl (C=O) groups excluding carboxylic acids is 2. The van der Waals surface area contributed by atoms with Crippen molar-refractivity contribution >= 4 is 23.2 Å². The van der Waals surface area contributed by atoms with Gasteiger partial charge in [0.2, 0.25) is 0 Å². The number of nitriles is 1. The molecule has 0 saturated heterocycles. The first-order valence-corrected chi connectivity index (χ1v) is 12.3. The smallest absolute Gasteiger partial charge is 0.277 e. The number of hydrogen-bond acceptors (Lipinski definition) is 5. The third-order valence-electron chi connectivity index (χ3n) is 7.04. The molecule has 1 aliphatic carbocycles. The highest BCUT2D eigenvalue weighted by Gasteiger charge is 2.44. The van der Waals surface area contributed by atoms with Crippen LogP contribution < -0.4 is 15.5 Å². The molecule has 8 heteroatoms. The molecule has 2 aliphatic rings. The van der Waals surface area contributed by atoms with Gasteiger partial charge in [-0.15, -0.1) is 0 Å². The number of rotatable bonds is 6. The van der Waals surface area contributed by atoms with Crippen LogP contribution in [0.5, 0.6) is 0 Å². The van der Waals surface area contributed by atoms with Crippen LogP contribution in [0.3, 0.4) is 0 Å². The summed E-state index contributed by atoms with van der Waals surface area (Å²) in [5.74, 6) is 0.0254. The van der Waals surface area contributed by atoms with Crippen molar-refractivity contribution in [2.45, 2.75) is 46.3 Å². The summed E-state index contributed by atoms with van der Waals surface area (Å²) in [6.45, 7) is 8.64.